The predicted molar refractivity (Wildman–Crippen MR) is 61.9 cm³/mol. The topological polar surface area (TPSA) is 93.8 Å². The highest BCUT2D eigenvalue weighted by molar-refractivity contribution is 5.91. The lowest BCUT2D eigenvalue weighted by molar-refractivity contribution is 0.0945. The Kier molecular flexibility index (Phi) is 3.25. The quantitative estimate of drug-likeness (QED) is 0.793. The highest BCUT2D eigenvalue weighted by Crippen LogP contribution is 1.97. The zero-order chi connectivity index (χ0) is 12.1. The second kappa shape index (κ2) is 5.02. The van der Waals surface area contributed by atoms with Crippen LogP contribution in [0.4, 0.5) is 5.82 Å². The van der Waals surface area contributed by atoms with E-state index in [1.807, 2.05) is 18.2 Å². The van der Waals surface area contributed by atoms with Crippen LogP contribution in [0.15, 0.2) is 36.8 Å². The van der Waals surface area contributed by atoms with Gasteiger partial charge in [0.1, 0.15) is 11.5 Å². The summed E-state index contributed by atoms with van der Waals surface area (Å²) in [5.41, 5.74) is 6.39. The number of carbonyl (C=O) groups is 1. The summed E-state index contributed by atoms with van der Waals surface area (Å²) in [6.07, 6.45) is 4.35. The molecule has 2 heterocycles. The molecule has 0 aromatic carbocycles. The van der Waals surface area contributed by atoms with E-state index in [1.165, 1.54) is 12.4 Å². The molecule has 3 N–H and O–H groups in total. The van der Waals surface area contributed by atoms with Gasteiger partial charge in [0.25, 0.3) is 5.91 Å². The summed E-state index contributed by atoms with van der Waals surface area (Å²) in [5.74, 6) is -0.0190. The minimum absolute atomic E-state index is 0.232. The average Bonchev–Trinajstić information content (AvgIpc) is 2.38. The Labute approximate surface area is 97.9 Å². The molecule has 0 saturated carbocycles. The first-order chi connectivity index (χ1) is 8.25. The zero-order valence-electron chi connectivity index (χ0n) is 9.00. The Balaban J connectivity index is 1.96. The smallest absolute Gasteiger partial charge is 0.271 e. The Hall–Kier alpha value is -2.50. The van der Waals surface area contributed by atoms with Gasteiger partial charge in [-0.05, 0) is 12.1 Å². The lowest BCUT2D eigenvalue weighted by Gasteiger charge is -2.03. The molecule has 2 aromatic rings. The van der Waals surface area contributed by atoms with Crippen LogP contribution in [-0.2, 0) is 6.54 Å². The van der Waals surface area contributed by atoms with E-state index in [1.54, 1.807) is 6.20 Å². The SMILES string of the molecule is Nc1cnc(C(=O)NCc2ccccn2)cn1. The molecular weight excluding hydrogens is 218 g/mol. The molecule has 0 unspecified atom stereocenters. The van der Waals surface area contributed by atoms with Crippen LogP contribution in [0.2, 0.25) is 0 Å². The van der Waals surface area contributed by atoms with Crippen molar-refractivity contribution in [2.45, 2.75) is 6.54 Å². The summed E-state index contributed by atoms with van der Waals surface area (Å²) in [4.78, 5) is 23.4. The second-order valence-electron chi connectivity index (χ2n) is 3.33. The van der Waals surface area contributed by atoms with Crippen LogP contribution in [-0.4, -0.2) is 20.9 Å². The molecule has 0 spiro atoms. The number of nitrogens with zero attached hydrogens (tertiary/aromatic N) is 3. The van der Waals surface area contributed by atoms with Crippen molar-refractivity contribution in [1.82, 2.24) is 20.3 Å². The van der Waals surface area contributed by atoms with Crippen LogP contribution in [0, 0.1) is 0 Å². The van der Waals surface area contributed by atoms with Crippen LogP contribution >= 0.6 is 0 Å². The van der Waals surface area contributed by atoms with Crippen LogP contribution in [0.1, 0.15) is 16.2 Å². The fraction of sp³-hybridized carbons (Fsp3) is 0.0909. The average molecular weight is 229 g/mol. The molecule has 0 aliphatic heterocycles. The van der Waals surface area contributed by atoms with Gasteiger partial charge >= 0.3 is 0 Å². The number of carbonyl (C=O) groups excluding carboxylic acids is 1. The molecular formula is C11H11N5O. The van der Waals surface area contributed by atoms with Crippen molar-refractivity contribution in [1.29, 1.82) is 0 Å². The standard InChI is InChI=1S/C11H11N5O/c12-10-7-14-9(6-15-10)11(17)16-5-8-3-1-2-4-13-8/h1-4,6-7H,5H2,(H2,12,15)(H,16,17). The predicted octanol–water partition coefficient (Wildman–Crippen LogP) is 0.384. The maximum Gasteiger partial charge on any atom is 0.271 e. The molecule has 0 fully saturated rings. The van der Waals surface area contributed by atoms with Crippen molar-refractivity contribution in [3.8, 4) is 0 Å². The summed E-state index contributed by atoms with van der Waals surface area (Å²) in [6, 6.07) is 5.50. The van der Waals surface area contributed by atoms with Gasteiger partial charge in [-0.1, -0.05) is 6.07 Å². The fourth-order valence-electron chi connectivity index (χ4n) is 1.22. The maximum absolute atomic E-state index is 11.6. The number of pyridine rings is 1. The zero-order valence-corrected chi connectivity index (χ0v) is 9.00. The molecule has 0 bridgehead atoms. The molecule has 6 heteroatoms. The van der Waals surface area contributed by atoms with E-state index < -0.39 is 0 Å². The van der Waals surface area contributed by atoms with Gasteiger partial charge in [-0.2, -0.15) is 0 Å². The van der Waals surface area contributed by atoms with Crippen LogP contribution in [0.5, 0.6) is 0 Å². The Morgan fingerprint density at radius 2 is 2.12 bits per heavy atom. The molecule has 0 saturated heterocycles. The minimum atomic E-state index is -0.303. The molecule has 17 heavy (non-hydrogen) atoms. The monoisotopic (exact) mass is 229 g/mol. The van der Waals surface area contributed by atoms with Gasteiger partial charge in [0.05, 0.1) is 24.6 Å². The first kappa shape index (κ1) is 11.0. The number of nitrogen functional groups attached to an aromatic ring is 1. The van der Waals surface area contributed by atoms with E-state index in [9.17, 15) is 4.79 Å². The molecule has 0 aliphatic carbocycles. The molecule has 2 rings (SSSR count). The number of amides is 1. The van der Waals surface area contributed by atoms with Crippen LogP contribution in [0.25, 0.3) is 0 Å². The Bertz CT molecular complexity index is 497. The molecule has 2 aromatic heterocycles. The fourth-order valence-corrected chi connectivity index (χ4v) is 1.22. The number of aromatic nitrogens is 3. The molecule has 86 valence electrons. The van der Waals surface area contributed by atoms with E-state index >= 15 is 0 Å². The van der Waals surface area contributed by atoms with Gasteiger partial charge in [0.2, 0.25) is 0 Å². The highest BCUT2D eigenvalue weighted by Gasteiger charge is 2.06. The number of hydrogen-bond donors (Lipinski definition) is 2. The Morgan fingerprint density at radius 3 is 2.76 bits per heavy atom. The number of rotatable bonds is 3. The summed E-state index contributed by atoms with van der Waals surface area (Å²) in [6.45, 7) is 0.353. The van der Waals surface area contributed by atoms with Gasteiger partial charge in [-0.25, -0.2) is 9.97 Å². The second-order valence-corrected chi connectivity index (χ2v) is 3.33. The van der Waals surface area contributed by atoms with Gasteiger partial charge in [-0.3, -0.25) is 9.78 Å². The molecule has 6 nitrogen and oxygen atoms in total. The first-order valence-electron chi connectivity index (χ1n) is 5.01. The number of hydrogen-bond acceptors (Lipinski definition) is 5. The van der Waals surface area contributed by atoms with E-state index in [4.69, 9.17) is 5.73 Å². The number of anilines is 1. The van der Waals surface area contributed by atoms with Crippen molar-refractivity contribution < 1.29 is 4.79 Å². The minimum Gasteiger partial charge on any atom is -0.382 e. The highest BCUT2D eigenvalue weighted by atomic mass is 16.1. The van der Waals surface area contributed by atoms with Crippen LogP contribution in [0.3, 0.4) is 0 Å². The number of nitrogens with two attached hydrogens (primary N) is 1. The molecule has 0 atom stereocenters. The summed E-state index contributed by atoms with van der Waals surface area (Å²) < 4.78 is 0. The molecule has 0 aliphatic rings. The first-order valence-corrected chi connectivity index (χ1v) is 5.01. The van der Waals surface area contributed by atoms with E-state index in [0.717, 1.165) is 5.69 Å². The lowest BCUT2D eigenvalue weighted by Crippen LogP contribution is -2.24. The van der Waals surface area contributed by atoms with Gasteiger partial charge < -0.3 is 11.1 Å². The third kappa shape index (κ3) is 2.97. The van der Waals surface area contributed by atoms with Crippen molar-refractivity contribution in [3.05, 3.63) is 48.2 Å². The molecule has 1 amide bonds. The summed E-state index contributed by atoms with van der Waals surface area (Å²) in [5, 5.41) is 2.69. The van der Waals surface area contributed by atoms with Gasteiger partial charge in [-0.15, -0.1) is 0 Å². The third-order valence-electron chi connectivity index (χ3n) is 2.06. The van der Waals surface area contributed by atoms with Crippen molar-refractivity contribution >= 4 is 11.7 Å². The van der Waals surface area contributed by atoms with Crippen molar-refractivity contribution in [2.75, 3.05) is 5.73 Å². The van der Waals surface area contributed by atoms with Gasteiger partial charge in [0, 0.05) is 6.20 Å². The van der Waals surface area contributed by atoms with Crippen LogP contribution < -0.4 is 11.1 Å². The summed E-state index contributed by atoms with van der Waals surface area (Å²) >= 11 is 0. The normalized spacial score (nSPS) is 9.88. The third-order valence-corrected chi connectivity index (χ3v) is 2.06. The van der Waals surface area contributed by atoms with Crippen molar-refractivity contribution in [2.24, 2.45) is 0 Å². The number of nitrogens with one attached hydrogen (secondary N) is 1. The van der Waals surface area contributed by atoms with E-state index in [0.29, 0.717) is 6.54 Å². The van der Waals surface area contributed by atoms with E-state index in [2.05, 4.69) is 20.3 Å². The molecule has 0 radical (unpaired) electrons. The maximum atomic E-state index is 11.6. The summed E-state index contributed by atoms with van der Waals surface area (Å²) in [7, 11) is 0. The van der Waals surface area contributed by atoms with Gasteiger partial charge in [0.15, 0.2) is 0 Å². The Morgan fingerprint density at radius 1 is 1.24 bits per heavy atom. The lowest BCUT2D eigenvalue weighted by atomic mass is 10.3. The van der Waals surface area contributed by atoms with E-state index in [-0.39, 0.29) is 17.4 Å². The largest absolute Gasteiger partial charge is 0.382 e. The van der Waals surface area contributed by atoms with Crippen molar-refractivity contribution in [3.63, 3.8) is 0 Å².